The van der Waals surface area contributed by atoms with Crippen molar-refractivity contribution in [2.45, 2.75) is 26.2 Å². The standard InChI is InChI=1S/C14H23NO2S/c1-5-14(18(4,16)15-2)11-8-12-6-9-13(17-3)10-7-12/h6-7,9-10H,5,8,11H2,1-4H3,(H,15,16). The number of methoxy groups -OCH3 is 1. The average molecular weight is 269 g/mol. The van der Waals surface area contributed by atoms with Crippen LogP contribution in [-0.2, 0) is 16.1 Å². The first kappa shape index (κ1) is 15.1. The Morgan fingerprint density at radius 2 is 1.94 bits per heavy atom. The minimum atomic E-state index is -2.00. The van der Waals surface area contributed by atoms with Crippen LogP contribution in [0.3, 0.4) is 0 Å². The zero-order valence-electron chi connectivity index (χ0n) is 11.7. The molecule has 0 heterocycles. The van der Waals surface area contributed by atoms with Crippen molar-refractivity contribution in [1.29, 1.82) is 0 Å². The molecule has 1 rings (SSSR count). The molecule has 1 atom stereocenters. The Labute approximate surface area is 111 Å². The van der Waals surface area contributed by atoms with Crippen LogP contribution in [-0.4, -0.2) is 29.5 Å². The van der Waals surface area contributed by atoms with Gasteiger partial charge in [0.25, 0.3) is 0 Å². The predicted molar refractivity (Wildman–Crippen MR) is 79.7 cm³/mol. The molecule has 102 valence electrons. The van der Waals surface area contributed by atoms with Gasteiger partial charge in [-0.1, -0.05) is 19.1 Å². The van der Waals surface area contributed by atoms with E-state index >= 15 is 0 Å². The van der Waals surface area contributed by atoms with Crippen LogP contribution in [0.1, 0.15) is 25.3 Å². The maximum absolute atomic E-state index is 12.2. The van der Waals surface area contributed by atoms with E-state index < -0.39 is 9.71 Å². The van der Waals surface area contributed by atoms with Gasteiger partial charge in [-0.2, -0.15) is 0 Å². The van der Waals surface area contributed by atoms with Crippen LogP contribution in [0.5, 0.6) is 5.75 Å². The highest BCUT2D eigenvalue weighted by molar-refractivity contribution is 8.00. The van der Waals surface area contributed by atoms with Gasteiger partial charge in [0.1, 0.15) is 5.75 Å². The lowest BCUT2D eigenvalue weighted by molar-refractivity contribution is 0.414. The van der Waals surface area contributed by atoms with Crippen molar-refractivity contribution in [3.05, 3.63) is 29.8 Å². The number of aryl methyl sites for hydroxylation is 1. The summed E-state index contributed by atoms with van der Waals surface area (Å²) >= 11 is 0. The average Bonchev–Trinajstić information content (AvgIpc) is 2.40. The molecule has 0 aromatic heterocycles. The van der Waals surface area contributed by atoms with Gasteiger partial charge >= 0.3 is 0 Å². The van der Waals surface area contributed by atoms with Crippen LogP contribution < -0.4 is 9.46 Å². The Morgan fingerprint density at radius 3 is 2.39 bits per heavy atom. The maximum Gasteiger partial charge on any atom is 0.118 e. The second kappa shape index (κ2) is 6.81. The molecular weight excluding hydrogens is 246 g/mol. The lowest BCUT2D eigenvalue weighted by atomic mass is 10.1. The maximum atomic E-state index is 12.2. The minimum absolute atomic E-state index is 0.854. The van der Waals surface area contributed by atoms with E-state index in [4.69, 9.17) is 4.74 Å². The number of hydrogen-bond acceptors (Lipinski definition) is 2. The molecule has 0 aliphatic heterocycles. The molecule has 3 nitrogen and oxygen atoms in total. The molecule has 1 N–H and O–H groups in total. The van der Waals surface area contributed by atoms with E-state index in [1.165, 1.54) is 5.56 Å². The highest BCUT2D eigenvalue weighted by atomic mass is 32.2. The van der Waals surface area contributed by atoms with Gasteiger partial charge < -0.3 is 4.74 Å². The molecule has 0 spiro atoms. The molecule has 0 saturated carbocycles. The quantitative estimate of drug-likeness (QED) is 0.805. The first-order valence-electron chi connectivity index (χ1n) is 6.18. The summed E-state index contributed by atoms with van der Waals surface area (Å²) in [5, 5.41) is 0. The number of benzene rings is 1. The molecule has 0 bridgehead atoms. The summed E-state index contributed by atoms with van der Waals surface area (Å²) < 4.78 is 20.3. The van der Waals surface area contributed by atoms with Crippen molar-refractivity contribution < 1.29 is 8.95 Å². The van der Waals surface area contributed by atoms with Gasteiger partial charge in [-0.05, 0) is 48.9 Å². The van der Waals surface area contributed by atoms with Crippen LogP contribution in [0.2, 0.25) is 0 Å². The third-order valence-corrected chi connectivity index (χ3v) is 5.56. The molecular formula is C14H23NO2S. The summed E-state index contributed by atoms with van der Waals surface area (Å²) in [6, 6.07) is 8.04. The van der Waals surface area contributed by atoms with Crippen LogP contribution in [0.25, 0.3) is 0 Å². The van der Waals surface area contributed by atoms with Gasteiger partial charge in [-0.15, -0.1) is 0 Å². The molecule has 0 aliphatic carbocycles. The monoisotopic (exact) mass is 269 g/mol. The Kier molecular flexibility index (Phi) is 5.69. The van der Waals surface area contributed by atoms with Crippen LogP contribution in [0.15, 0.2) is 24.3 Å². The fourth-order valence-corrected chi connectivity index (χ4v) is 3.20. The summed E-state index contributed by atoms with van der Waals surface area (Å²) in [7, 11) is 1.42. The molecule has 0 radical (unpaired) electrons. The fraction of sp³-hybridized carbons (Fsp3) is 0.500. The smallest absolute Gasteiger partial charge is 0.118 e. The number of hydrogen-bond donors (Lipinski definition) is 1. The van der Waals surface area contributed by atoms with Crippen molar-refractivity contribution in [1.82, 2.24) is 4.72 Å². The number of rotatable bonds is 6. The van der Waals surface area contributed by atoms with Crippen LogP contribution in [0.4, 0.5) is 0 Å². The van der Waals surface area contributed by atoms with E-state index in [1.54, 1.807) is 20.4 Å². The summed E-state index contributed by atoms with van der Waals surface area (Å²) in [5.41, 5.74) is 1.24. The zero-order chi connectivity index (χ0) is 13.6. The van der Waals surface area contributed by atoms with Gasteiger partial charge in [0.15, 0.2) is 0 Å². The van der Waals surface area contributed by atoms with Crippen LogP contribution in [0, 0.1) is 0 Å². The lowest BCUT2D eigenvalue weighted by Crippen LogP contribution is -2.25. The van der Waals surface area contributed by atoms with E-state index in [-0.39, 0.29) is 0 Å². The SMILES string of the molecule is CCC(CCc1ccc(OC)cc1)=S(C)(=O)NC. The molecule has 0 amide bonds. The molecule has 4 heteroatoms. The summed E-state index contributed by atoms with van der Waals surface area (Å²) in [6.45, 7) is 2.06. The van der Waals surface area contributed by atoms with E-state index in [0.29, 0.717) is 0 Å². The van der Waals surface area contributed by atoms with Crippen LogP contribution >= 0.6 is 0 Å². The van der Waals surface area contributed by atoms with Gasteiger partial charge in [0, 0.05) is 16.0 Å². The van der Waals surface area contributed by atoms with Gasteiger partial charge in [-0.3, -0.25) is 4.21 Å². The zero-order valence-corrected chi connectivity index (χ0v) is 12.5. The molecule has 1 aromatic rings. The third-order valence-electron chi connectivity index (χ3n) is 3.19. The Hall–Kier alpha value is -1.00. The van der Waals surface area contributed by atoms with E-state index in [0.717, 1.165) is 29.9 Å². The fourth-order valence-electron chi connectivity index (χ4n) is 1.87. The molecule has 1 aromatic carbocycles. The lowest BCUT2D eigenvalue weighted by Gasteiger charge is -2.12. The molecule has 1 unspecified atom stereocenters. The predicted octanol–water partition coefficient (Wildman–Crippen LogP) is 2.26. The molecule has 0 fully saturated rings. The highest BCUT2D eigenvalue weighted by Crippen LogP contribution is 2.13. The summed E-state index contributed by atoms with van der Waals surface area (Å²) in [6.07, 6.45) is 4.41. The van der Waals surface area contributed by atoms with Gasteiger partial charge in [0.05, 0.1) is 7.11 Å². The Morgan fingerprint density at radius 1 is 1.33 bits per heavy atom. The first-order valence-corrected chi connectivity index (χ1v) is 8.15. The molecule has 18 heavy (non-hydrogen) atoms. The van der Waals surface area contributed by atoms with Crippen molar-refractivity contribution >= 4 is 14.6 Å². The van der Waals surface area contributed by atoms with Crippen molar-refractivity contribution in [2.75, 3.05) is 20.4 Å². The highest BCUT2D eigenvalue weighted by Gasteiger charge is 2.06. The van der Waals surface area contributed by atoms with Crippen molar-refractivity contribution in [3.8, 4) is 5.75 Å². The topological polar surface area (TPSA) is 38.3 Å². The second-order valence-corrected chi connectivity index (χ2v) is 6.96. The first-order chi connectivity index (χ1) is 8.53. The minimum Gasteiger partial charge on any atom is -0.497 e. The number of nitrogens with one attached hydrogen (secondary N) is 1. The van der Waals surface area contributed by atoms with E-state index in [9.17, 15) is 4.21 Å². The number of ether oxygens (including phenoxy) is 1. The van der Waals surface area contributed by atoms with E-state index in [1.807, 2.05) is 12.1 Å². The summed E-state index contributed by atoms with van der Waals surface area (Å²) in [4.78, 5) is 1.10. The van der Waals surface area contributed by atoms with Gasteiger partial charge in [0.2, 0.25) is 0 Å². The van der Waals surface area contributed by atoms with Crippen molar-refractivity contribution in [2.24, 2.45) is 0 Å². The second-order valence-electron chi connectivity index (χ2n) is 4.29. The Balaban J connectivity index is 2.75. The van der Waals surface area contributed by atoms with Crippen molar-refractivity contribution in [3.63, 3.8) is 0 Å². The normalized spacial score (nSPS) is 14.0. The Bertz CT molecular complexity index is 485. The molecule has 0 saturated heterocycles. The largest absolute Gasteiger partial charge is 0.497 e. The molecule has 0 aliphatic rings. The summed E-state index contributed by atoms with van der Waals surface area (Å²) in [5.74, 6) is 0.868. The third kappa shape index (κ3) is 4.03. The van der Waals surface area contributed by atoms with E-state index in [2.05, 4.69) is 23.8 Å². The van der Waals surface area contributed by atoms with Gasteiger partial charge in [-0.25, -0.2) is 4.72 Å².